The largest absolute Gasteiger partial charge is 0.361 e. The molecule has 4 rings (SSSR count). The molecule has 0 spiro atoms. The molecule has 0 saturated carbocycles. The zero-order chi connectivity index (χ0) is 19.0. The van der Waals surface area contributed by atoms with Crippen LogP contribution in [0.15, 0.2) is 35.2 Å². The monoisotopic (exact) mass is 365 g/mol. The summed E-state index contributed by atoms with van der Waals surface area (Å²) >= 11 is 0. The summed E-state index contributed by atoms with van der Waals surface area (Å²) in [7, 11) is 0. The lowest BCUT2D eigenvalue weighted by atomic mass is 10.1. The van der Waals surface area contributed by atoms with Gasteiger partial charge >= 0.3 is 0 Å². The maximum Gasteiger partial charge on any atom is 0.227 e. The van der Waals surface area contributed by atoms with Gasteiger partial charge in [0, 0.05) is 48.5 Å². The van der Waals surface area contributed by atoms with Crippen molar-refractivity contribution in [2.24, 2.45) is 0 Å². The van der Waals surface area contributed by atoms with Crippen molar-refractivity contribution < 1.29 is 9.32 Å². The van der Waals surface area contributed by atoms with E-state index >= 15 is 0 Å². The SMILES string of the molecule is Cc1noc(C)c1CC(=O)N1CCC(n2c(C)cnc2-c2cccnc2)C1. The van der Waals surface area contributed by atoms with Crippen molar-refractivity contribution in [3.8, 4) is 11.4 Å². The van der Waals surface area contributed by atoms with Crippen LogP contribution < -0.4 is 0 Å². The second kappa shape index (κ2) is 6.98. The molecule has 0 N–H and O–H groups in total. The minimum absolute atomic E-state index is 0.118. The summed E-state index contributed by atoms with van der Waals surface area (Å²) in [6.07, 6.45) is 6.72. The number of hydrogen-bond acceptors (Lipinski definition) is 5. The van der Waals surface area contributed by atoms with E-state index in [4.69, 9.17) is 4.52 Å². The third-order valence-corrected chi connectivity index (χ3v) is 5.29. The van der Waals surface area contributed by atoms with E-state index in [-0.39, 0.29) is 11.9 Å². The van der Waals surface area contributed by atoms with Gasteiger partial charge in [-0.2, -0.15) is 0 Å². The number of rotatable bonds is 4. The highest BCUT2D eigenvalue weighted by Crippen LogP contribution is 2.29. The van der Waals surface area contributed by atoms with E-state index in [0.717, 1.165) is 47.1 Å². The summed E-state index contributed by atoms with van der Waals surface area (Å²) in [5, 5.41) is 3.94. The van der Waals surface area contributed by atoms with Crippen molar-refractivity contribution in [3.05, 3.63) is 53.4 Å². The highest BCUT2D eigenvalue weighted by molar-refractivity contribution is 5.79. The molecule has 1 saturated heterocycles. The Labute approximate surface area is 158 Å². The number of aromatic nitrogens is 4. The highest BCUT2D eigenvalue weighted by Gasteiger charge is 2.30. The van der Waals surface area contributed by atoms with Crippen molar-refractivity contribution >= 4 is 5.91 Å². The molecule has 1 aliphatic rings. The molecule has 1 fully saturated rings. The first kappa shape index (κ1) is 17.5. The number of amides is 1. The Morgan fingerprint density at radius 2 is 2.15 bits per heavy atom. The van der Waals surface area contributed by atoms with Crippen LogP contribution in [-0.2, 0) is 11.2 Å². The number of pyridine rings is 1. The van der Waals surface area contributed by atoms with Crippen molar-refractivity contribution in [2.75, 3.05) is 13.1 Å². The first-order chi connectivity index (χ1) is 13.0. The fourth-order valence-corrected chi connectivity index (χ4v) is 3.81. The predicted molar refractivity (Wildman–Crippen MR) is 100 cm³/mol. The second-order valence-electron chi connectivity index (χ2n) is 7.10. The third kappa shape index (κ3) is 3.25. The minimum Gasteiger partial charge on any atom is -0.361 e. The number of carbonyl (C=O) groups is 1. The van der Waals surface area contributed by atoms with E-state index < -0.39 is 0 Å². The molecule has 1 amide bonds. The van der Waals surface area contributed by atoms with Gasteiger partial charge in [-0.1, -0.05) is 5.16 Å². The number of likely N-dealkylation sites (tertiary alicyclic amines) is 1. The Bertz CT molecular complexity index is 941. The third-order valence-electron chi connectivity index (χ3n) is 5.29. The molecule has 1 unspecified atom stereocenters. The van der Waals surface area contributed by atoms with Gasteiger partial charge in [0.2, 0.25) is 5.91 Å². The van der Waals surface area contributed by atoms with E-state index in [9.17, 15) is 4.79 Å². The van der Waals surface area contributed by atoms with Gasteiger partial charge in [-0.3, -0.25) is 9.78 Å². The molecule has 1 atom stereocenters. The van der Waals surface area contributed by atoms with E-state index in [1.54, 1.807) is 6.20 Å². The van der Waals surface area contributed by atoms with E-state index in [0.29, 0.717) is 13.0 Å². The molecule has 27 heavy (non-hydrogen) atoms. The van der Waals surface area contributed by atoms with Gasteiger partial charge in [0.15, 0.2) is 0 Å². The summed E-state index contributed by atoms with van der Waals surface area (Å²) in [5.74, 6) is 1.75. The van der Waals surface area contributed by atoms with Crippen LogP contribution >= 0.6 is 0 Å². The molecule has 7 heteroatoms. The highest BCUT2D eigenvalue weighted by atomic mass is 16.5. The molecular weight excluding hydrogens is 342 g/mol. The van der Waals surface area contributed by atoms with Gasteiger partial charge < -0.3 is 14.0 Å². The predicted octanol–water partition coefficient (Wildman–Crippen LogP) is 2.87. The lowest BCUT2D eigenvalue weighted by molar-refractivity contribution is -0.129. The molecule has 0 radical (unpaired) electrons. The quantitative estimate of drug-likeness (QED) is 0.710. The Balaban J connectivity index is 1.52. The summed E-state index contributed by atoms with van der Waals surface area (Å²) in [4.78, 5) is 23.5. The average molecular weight is 365 g/mol. The minimum atomic E-state index is 0.118. The van der Waals surface area contributed by atoms with Crippen molar-refractivity contribution in [1.29, 1.82) is 0 Å². The molecule has 4 heterocycles. The fourth-order valence-electron chi connectivity index (χ4n) is 3.81. The van der Waals surface area contributed by atoms with Gasteiger partial charge in [0.25, 0.3) is 0 Å². The van der Waals surface area contributed by atoms with Crippen LogP contribution in [0.25, 0.3) is 11.4 Å². The summed E-state index contributed by atoms with van der Waals surface area (Å²) in [6.45, 7) is 7.22. The molecule has 3 aromatic rings. The Morgan fingerprint density at radius 3 is 2.85 bits per heavy atom. The van der Waals surface area contributed by atoms with Gasteiger partial charge in [-0.05, 0) is 39.3 Å². The van der Waals surface area contributed by atoms with Gasteiger partial charge in [-0.25, -0.2) is 4.98 Å². The average Bonchev–Trinajstić information content (AvgIpc) is 3.37. The van der Waals surface area contributed by atoms with Crippen LogP contribution in [0.3, 0.4) is 0 Å². The van der Waals surface area contributed by atoms with Gasteiger partial charge in [0.1, 0.15) is 11.6 Å². The summed E-state index contributed by atoms with van der Waals surface area (Å²) in [5.41, 5.74) is 3.78. The molecule has 0 aliphatic carbocycles. The number of carbonyl (C=O) groups excluding carboxylic acids is 1. The lowest BCUT2D eigenvalue weighted by Crippen LogP contribution is -2.31. The van der Waals surface area contributed by atoms with Crippen molar-refractivity contribution in [2.45, 2.75) is 39.7 Å². The number of imidazole rings is 1. The Kier molecular flexibility index (Phi) is 4.51. The normalized spacial score (nSPS) is 16.9. The number of hydrogen-bond donors (Lipinski definition) is 0. The Hall–Kier alpha value is -2.96. The zero-order valence-corrected chi connectivity index (χ0v) is 15.8. The first-order valence-electron chi connectivity index (χ1n) is 9.18. The second-order valence-corrected chi connectivity index (χ2v) is 7.10. The topological polar surface area (TPSA) is 77.0 Å². The first-order valence-corrected chi connectivity index (χ1v) is 9.18. The van der Waals surface area contributed by atoms with Crippen LogP contribution in [0.5, 0.6) is 0 Å². The molecule has 3 aromatic heterocycles. The molecular formula is C20H23N5O2. The van der Waals surface area contributed by atoms with E-state index in [2.05, 4.69) is 26.6 Å². The van der Waals surface area contributed by atoms with Crippen LogP contribution in [0.1, 0.15) is 35.2 Å². The van der Waals surface area contributed by atoms with Crippen molar-refractivity contribution in [3.63, 3.8) is 0 Å². The molecule has 1 aliphatic heterocycles. The number of nitrogens with zero attached hydrogens (tertiary/aromatic N) is 5. The maximum atomic E-state index is 12.8. The fraction of sp³-hybridized carbons (Fsp3) is 0.400. The van der Waals surface area contributed by atoms with E-state index in [1.165, 1.54) is 0 Å². The number of aryl methyl sites for hydroxylation is 3. The van der Waals surface area contributed by atoms with Crippen LogP contribution in [-0.4, -0.2) is 43.6 Å². The molecule has 0 aromatic carbocycles. The molecule has 7 nitrogen and oxygen atoms in total. The Morgan fingerprint density at radius 1 is 1.30 bits per heavy atom. The van der Waals surface area contributed by atoms with Gasteiger partial charge in [0.05, 0.1) is 18.2 Å². The zero-order valence-electron chi connectivity index (χ0n) is 15.8. The molecule has 0 bridgehead atoms. The summed E-state index contributed by atoms with van der Waals surface area (Å²) < 4.78 is 7.42. The molecule has 140 valence electrons. The van der Waals surface area contributed by atoms with Crippen LogP contribution in [0, 0.1) is 20.8 Å². The van der Waals surface area contributed by atoms with Crippen molar-refractivity contribution in [1.82, 2.24) is 24.6 Å². The van der Waals surface area contributed by atoms with Crippen LogP contribution in [0.4, 0.5) is 0 Å². The maximum absolute atomic E-state index is 12.8. The lowest BCUT2D eigenvalue weighted by Gasteiger charge is -2.19. The van der Waals surface area contributed by atoms with E-state index in [1.807, 2.05) is 43.3 Å². The summed E-state index contributed by atoms with van der Waals surface area (Å²) in [6, 6.07) is 4.15. The smallest absolute Gasteiger partial charge is 0.227 e. The van der Waals surface area contributed by atoms with Crippen LogP contribution in [0.2, 0.25) is 0 Å². The standard InChI is InChI=1S/C20H23N5O2/c1-13-10-22-20(16-5-4-7-21-11-16)25(13)17-6-8-24(12-17)19(26)9-18-14(2)23-27-15(18)3/h4-5,7,10-11,17H,6,8-9,12H2,1-3H3. The van der Waals surface area contributed by atoms with Gasteiger partial charge in [-0.15, -0.1) is 0 Å².